The van der Waals surface area contributed by atoms with Crippen LogP contribution in [0.1, 0.15) is 65.6 Å². The van der Waals surface area contributed by atoms with Crippen molar-refractivity contribution in [2.24, 2.45) is 5.92 Å². The number of aromatic nitrogens is 2. The van der Waals surface area contributed by atoms with Gasteiger partial charge >= 0.3 is 12.1 Å². The Balaban J connectivity index is 1.55. The van der Waals surface area contributed by atoms with E-state index >= 15 is 0 Å². The van der Waals surface area contributed by atoms with Gasteiger partial charge in [-0.2, -0.15) is 9.97 Å². The third-order valence-electron chi connectivity index (χ3n) is 7.48. The molecule has 2 saturated heterocycles. The van der Waals surface area contributed by atoms with Crippen LogP contribution in [0.15, 0.2) is 0 Å². The van der Waals surface area contributed by atoms with E-state index in [0.717, 1.165) is 37.6 Å². The van der Waals surface area contributed by atoms with Crippen LogP contribution in [-0.2, 0) is 17.7 Å². The standard InChI is InChI=1S/C26H44N6O3/c1-18-9-8-12-30(7)21(18)16-34-23-28-20-15-27-11-10-19(20)22(29-23)32-14-13-31(17-26(32,5)6)24(33)35-25(2,3)4/h18,21,27H,8-17H2,1-7H3. The molecule has 0 saturated carbocycles. The predicted octanol–water partition coefficient (Wildman–Crippen LogP) is 3.07. The average molecular weight is 489 g/mol. The highest BCUT2D eigenvalue weighted by atomic mass is 16.6. The van der Waals surface area contributed by atoms with Gasteiger partial charge in [0.05, 0.1) is 11.2 Å². The minimum absolute atomic E-state index is 0.256. The first-order valence-electron chi connectivity index (χ1n) is 13.1. The highest BCUT2D eigenvalue weighted by molar-refractivity contribution is 5.69. The molecule has 4 rings (SSSR count). The smallest absolute Gasteiger partial charge is 0.410 e. The Hall–Kier alpha value is -2.13. The third-order valence-corrected chi connectivity index (χ3v) is 7.48. The number of fused-ring (bicyclic) bond motifs is 1. The minimum atomic E-state index is -0.507. The van der Waals surface area contributed by atoms with E-state index < -0.39 is 5.60 Å². The normalized spacial score (nSPS) is 25.2. The van der Waals surface area contributed by atoms with Crippen LogP contribution in [-0.4, -0.2) is 89.4 Å². The van der Waals surface area contributed by atoms with Crippen LogP contribution < -0.4 is 15.0 Å². The van der Waals surface area contributed by atoms with Crippen molar-refractivity contribution in [1.82, 2.24) is 25.1 Å². The van der Waals surface area contributed by atoms with Gasteiger partial charge in [0, 0.05) is 37.8 Å². The van der Waals surface area contributed by atoms with Crippen LogP contribution in [0, 0.1) is 5.92 Å². The lowest BCUT2D eigenvalue weighted by Crippen LogP contribution is -2.61. The van der Waals surface area contributed by atoms with Crippen molar-refractivity contribution in [1.29, 1.82) is 0 Å². The second-order valence-electron chi connectivity index (χ2n) is 12.0. The Morgan fingerprint density at radius 2 is 1.97 bits per heavy atom. The van der Waals surface area contributed by atoms with Crippen LogP contribution in [0.4, 0.5) is 10.6 Å². The first-order valence-corrected chi connectivity index (χ1v) is 13.1. The molecule has 0 bridgehead atoms. The van der Waals surface area contributed by atoms with Gasteiger partial charge in [-0.3, -0.25) is 4.90 Å². The Morgan fingerprint density at radius 1 is 1.20 bits per heavy atom. The first-order chi connectivity index (χ1) is 16.4. The van der Waals surface area contributed by atoms with Crippen molar-refractivity contribution in [2.75, 3.05) is 51.3 Å². The number of rotatable bonds is 4. The van der Waals surface area contributed by atoms with Crippen LogP contribution in [0.2, 0.25) is 0 Å². The number of anilines is 1. The summed E-state index contributed by atoms with van der Waals surface area (Å²) in [5.74, 6) is 1.54. The molecule has 3 aliphatic rings. The van der Waals surface area contributed by atoms with Gasteiger partial charge < -0.3 is 24.6 Å². The van der Waals surface area contributed by atoms with Crippen LogP contribution in [0.25, 0.3) is 0 Å². The van der Waals surface area contributed by atoms with E-state index in [1.165, 1.54) is 18.4 Å². The van der Waals surface area contributed by atoms with Crippen molar-refractivity contribution in [3.63, 3.8) is 0 Å². The Bertz CT molecular complexity index is 905. The van der Waals surface area contributed by atoms with Gasteiger partial charge in [0.25, 0.3) is 0 Å². The van der Waals surface area contributed by atoms with E-state index in [1.54, 1.807) is 0 Å². The van der Waals surface area contributed by atoms with Crippen molar-refractivity contribution >= 4 is 11.9 Å². The number of piperidine rings is 1. The van der Waals surface area contributed by atoms with Crippen molar-refractivity contribution < 1.29 is 14.3 Å². The van der Waals surface area contributed by atoms with E-state index in [1.807, 2.05) is 25.7 Å². The number of hydrogen-bond acceptors (Lipinski definition) is 8. The largest absolute Gasteiger partial charge is 0.462 e. The number of amides is 1. The predicted molar refractivity (Wildman–Crippen MR) is 137 cm³/mol. The highest BCUT2D eigenvalue weighted by Crippen LogP contribution is 2.34. The number of likely N-dealkylation sites (N-methyl/N-ethyl adjacent to an activating group) is 1. The fourth-order valence-corrected chi connectivity index (χ4v) is 5.54. The van der Waals surface area contributed by atoms with E-state index in [4.69, 9.17) is 19.4 Å². The maximum atomic E-state index is 12.7. The molecule has 0 aliphatic carbocycles. The molecule has 2 unspecified atom stereocenters. The quantitative estimate of drug-likeness (QED) is 0.693. The number of carbonyl (C=O) groups is 1. The molecular formula is C26H44N6O3. The molecule has 0 spiro atoms. The summed E-state index contributed by atoms with van der Waals surface area (Å²) in [7, 11) is 2.18. The van der Waals surface area contributed by atoms with Gasteiger partial charge in [0.1, 0.15) is 18.0 Å². The Kier molecular flexibility index (Phi) is 7.48. The van der Waals surface area contributed by atoms with E-state index in [9.17, 15) is 4.79 Å². The molecule has 4 heterocycles. The molecule has 196 valence electrons. The van der Waals surface area contributed by atoms with Crippen molar-refractivity contribution in [3.8, 4) is 6.01 Å². The fourth-order valence-electron chi connectivity index (χ4n) is 5.54. The Labute approximate surface area is 210 Å². The lowest BCUT2D eigenvalue weighted by atomic mass is 9.92. The maximum Gasteiger partial charge on any atom is 0.410 e. The number of carbonyl (C=O) groups excluding carboxylic acids is 1. The van der Waals surface area contributed by atoms with Gasteiger partial charge in [-0.05, 0) is 79.9 Å². The summed E-state index contributed by atoms with van der Waals surface area (Å²) in [6.07, 6.45) is 3.10. The monoisotopic (exact) mass is 488 g/mol. The van der Waals surface area contributed by atoms with E-state index in [2.05, 4.69) is 42.9 Å². The molecule has 1 aromatic rings. The molecule has 0 aromatic carbocycles. The molecule has 2 fully saturated rings. The van der Waals surface area contributed by atoms with Crippen LogP contribution in [0.5, 0.6) is 6.01 Å². The zero-order valence-corrected chi connectivity index (χ0v) is 22.7. The fraction of sp³-hybridized carbons (Fsp3) is 0.808. The SMILES string of the molecule is CC1CCCN(C)C1COc1nc2c(c(N3CCN(C(=O)OC(C)(C)C)CC3(C)C)n1)CCNC2. The minimum Gasteiger partial charge on any atom is -0.462 e. The number of nitrogens with one attached hydrogen (secondary N) is 1. The molecule has 2 atom stereocenters. The highest BCUT2D eigenvalue weighted by Gasteiger charge is 2.39. The van der Waals surface area contributed by atoms with Crippen LogP contribution >= 0.6 is 0 Å². The Morgan fingerprint density at radius 3 is 2.66 bits per heavy atom. The van der Waals surface area contributed by atoms with Crippen molar-refractivity contribution in [3.05, 3.63) is 11.3 Å². The van der Waals surface area contributed by atoms with Crippen LogP contribution in [0.3, 0.4) is 0 Å². The second kappa shape index (κ2) is 10.1. The van der Waals surface area contributed by atoms with E-state index in [0.29, 0.717) is 44.2 Å². The first kappa shape index (κ1) is 25.9. The van der Waals surface area contributed by atoms with E-state index in [-0.39, 0.29) is 11.6 Å². The lowest BCUT2D eigenvalue weighted by Gasteiger charge is -2.48. The third kappa shape index (κ3) is 6.00. The molecule has 35 heavy (non-hydrogen) atoms. The van der Waals surface area contributed by atoms with Crippen molar-refractivity contribution in [2.45, 2.75) is 84.5 Å². The summed E-state index contributed by atoms with van der Waals surface area (Å²) in [4.78, 5) is 29.1. The zero-order chi connectivity index (χ0) is 25.4. The molecule has 0 radical (unpaired) electrons. The van der Waals surface area contributed by atoms with Gasteiger partial charge in [-0.1, -0.05) is 6.92 Å². The molecule has 1 amide bonds. The molecule has 1 aromatic heterocycles. The summed E-state index contributed by atoms with van der Waals surface area (Å²) in [5.41, 5.74) is 1.40. The number of hydrogen-bond donors (Lipinski definition) is 1. The number of piperazine rings is 1. The summed E-state index contributed by atoms with van der Waals surface area (Å²) in [6.45, 7) is 17.5. The van der Waals surface area contributed by atoms with Gasteiger partial charge in [0.2, 0.25) is 0 Å². The average Bonchev–Trinajstić information content (AvgIpc) is 2.76. The summed E-state index contributed by atoms with van der Waals surface area (Å²) in [6, 6.07) is 0.831. The molecule has 3 aliphatic heterocycles. The van der Waals surface area contributed by atoms with Gasteiger partial charge in [0.15, 0.2) is 0 Å². The summed E-state index contributed by atoms with van der Waals surface area (Å²) >= 11 is 0. The maximum absolute atomic E-state index is 12.7. The number of likely N-dealkylation sites (tertiary alicyclic amines) is 1. The second-order valence-corrected chi connectivity index (χ2v) is 12.0. The number of ether oxygens (including phenoxy) is 2. The zero-order valence-electron chi connectivity index (χ0n) is 22.7. The van der Waals surface area contributed by atoms with Gasteiger partial charge in [-0.15, -0.1) is 0 Å². The molecular weight excluding hydrogens is 444 g/mol. The lowest BCUT2D eigenvalue weighted by molar-refractivity contribution is 0.0178. The van der Waals surface area contributed by atoms with Gasteiger partial charge in [-0.25, -0.2) is 4.79 Å². The molecule has 9 nitrogen and oxygen atoms in total. The summed E-state index contributed by atoms with van der Waals surface area (Å²) < 4.78 is 11.9. The number of nitrogens with zero attached hydrogens (tertiary/aromatic N) is 5. The molecule has 1 N–H and O–H groups in total. The molecule has 9 heteroatoms. The summed E-state index contributed by atoms with van der Waals surface area (Å²) in [5, 5.41) is 3.44. The topological polar surface area (TPSA) is 83.1 Å².